The minimum Gasteiger partial charge on any atom is -0.311 e. The SMILES string of the molecule is Cc1[nH]ncc1CNCC(c1ccccc1)N(C)C.Cl. The van der Waals surface area contributed by atoms with E-state index in [4.69, 9.17) is 0 Å². The minimum absolute atomic E-state index is 0. The first-order valence-corrected chi connectivity index (χ1v) is 6.59. The van der Waals surface area contributed by atoms with Gasteiger partial charge in [0.25, 0.3) is 0 Å². The molecule has 2 rings (SSSR count). The smallest absolute Gasteiger partial charge is 0.0535 e. The van der Waals surface area contributed by atoms with Gasteiger partial charge in [-0.05, 0) is 26.6 Å². The molecule has 4 nitrogen and oxygen atoms in total. The van der Waals surface area contributed by atoms with E-state index in [1.807, 2.05) is 13.1 Å². The maximum Gasteiger partial charge on any atom is 0.0535 e. The monoisotopic (exact) mass is 294 g/mol. The van der Waals surface area contributed by atoms with Crippen molar-refractivity contribution in [2.45, 2.75) is 19.5 Å². The first-order chi connectivity index (χ1) is 9.18. The Morgan fingerprint density at radius 2 is 1.95 bits per heavy atom. The number of aromatic nitrogens is 2. The second kappa shape index (κ2) is 8.04. The summed E-state index contributed by atoms with van der Waals surface area (Å²) in [7, 11) is 4.23. The van der Waals surface area contributed by atoms with Crippen LogP contribution in [0.2, 0.25) is 0 Å². The van der Waals surface area contributed by atoms with Gasteiger partial charge >= 0.3 is 0 Å². The zero-order chi connectivity index (χ0) is 13.7. The van der Waals surface area contributed by atoms with E-state index in [0.29, 0.717) is 6.04 Å². The van der Waals surface area contributed by atoms with Gasteiger partial charge in [0.1, 0.15) is 0 Å². The lowest BCUT2D eigenvalue weighted by Crippen LogP contribution is -2.30. The summed E-state index contributed by atoms with van der Waals surface area (Å²) in [6.45, 7) is 3.81. The lowest BCUT2D eigenvalue weighted by Gasteiger charge is -2.25. The van der Waals surface area contributed by atoms with Crippen LogP contribution < -0.4 is 5.32 Å². The Morgan fingerprint density at radius 1 is 1.25 bits per heavy atom. The number of aryl methyl sites for hydroxylation is 1. The van der Waals surface area contributed by atoms with Crippen LogP contribution in [-0.4, -0.2) is 35.7 Å². The molecule has 1 heterocycles. The predicted octanol–water partition coefficient (Wildman–Crippen LogP) is 2.53. The van der Waals surface area contributed by atoms with Crippen molar-refractivity contribution in [2.24, 2.45) is 0 Å². The standard InChI is InChI=1S/C15H22N4.ClH/c1-12-14(10-17-18-12)9-16-11-15(19(2)3)13-7-5-4-6-8-13;/h4-8,10,15-16H,9,11H2,1-3H3,(H,17,18);1H. The highest BCUT2D eigenvalue weighted by Crippen LogP contribution is 2.16. The van der Waals surface area contributed by atoms with Crippen molar-refractivity contribution < 1.29 is 0 Å². The van der Waals surface area contributed by atoms with Crippen molar-refractivity contribution in [1.29, 1.82) is 0 Å². The summed E-state index contributed by atoms with van der Waals surface area (Å²) in [5.74, 6) is 0. The molecule has 0 aliphatic heterocycles. The van der Waals surface area contributed by atoms with Gasteiger partial charge in [-0.2, -0.15) is 5.10 Å². The summed E-state index contributed by atoms with van der Waals surface area (Å²) in [5.41, 5.74) is 3.70. The number of nitrogens with one attached hydrogen (secondary N) is 2. The fraction of sp³-hybridized carbons (Fsp3) is 0.400. The normalized spacial score (nSPS) is 12.2. The van der Waals surface area contributed by atoms with Gasteiger partial charge in [0.2, 0.25) is 0 Å². The molecule has 0 aliphatic rings. The largest absolute Gasteiger partial charge is 0.311 e. The molecule has 0 saturated carbocycles. The van der Waals surface area contributed by atoms with E-state index in [9.17, 15) is 0 Å². The van der Waals surface area contributed by atoms with Crippen molar-refractivity contribution in [3.63, 3.8) is 0 Å². The van der Waals surface area contributed by atoms with E-state index in [1.54, 1.807) is 0 Å². The fourth-order valence-corrected chi connectivity index (χ4v) is 2.17. The number of H-pyrrole nitrogens is 1. The average molecular weight is 295 g/mol. The molecule has 20 heavy (non-hydrogen) atoms. The quantitative estimate of drug-likeness (QED) is 0.860. The Kier molecular flexibility index (Phi) is 6.71. The molecule has 0 spiro atoms. The molecule has 0 amide bonds. The molecule has 1 aromatic carbocycles. The zero-order valence-electron chi connectivity index (χ0n) is 12.3. The van der Waals surface area contributed by atoms with E-state index in [-0.39, 0.29) is 12.4 Å². The van der Waals surface area contributed by atoms with Crippen LogP contribution in [0.25, 0.3) is 0 Å². The lowest BCUT2D eigenvalue weighted by atomic mass is 10.1. The molecule has 2 aromatic rings. The first kappa shape index (κ1) is 16.7. The van der Waals surface area contributed by atoms with E-state index in [1.165, 1.54) is 11.1 Å². The molecule has 0 saturated heterocycles. The Labute approximate surface area is 127 Å². The van der Waals surface area contributed by atoms with Gasteiger partial charge in [-0.1, -0.05) is 30.3 Å². The van der Waals surface area contributed by atoms with Gasteiger partial charge in [-0.15, -0.1) is 12.4 Å². The maximum absolute atomic E-state index is 4.04. The molecule has 0 radical (unpaired) electrons. The van der Waals surface area contributed by atoms with Crippen molar-refractivity contribution in [1.82, 2.24) is 20.4 Å². The van der Waals surface area contributed by atoms with E-state index >= 15 is 0 Å². The number of nitrogens with zero attached hydrogens (tertiary/aromatic N) is 2. The summed E-state index contributed by atoms with van der Waals surface area (Å²) in [6, 6.07) is 11.0. The lowest BCUT2D eigenvalue weighted by molar-refractivity contribution is 0.288. The molecule has 5 heteroatoms. The third-order valence-corrected chi connectivity index (χ3v) is 3.40. The topological polar surface area (TPSA) is 44.0 Å². The fourth-order valence-electron chi connectivity index (χ4n) is 2.17. The zero-order valence-corrected chi connectivity index (χ0v) is 13.1. The highest BCUT2D eigenvalue weighted by atomic mass is 35.5. The van der Waals surface area contributed by atoms with Crippen molar-refractivity contribution in [2.75, 3.05) is 20.6 Å². The molecule has 0 fully saturated rings. The average Bonchev–Trinajstić information content (AvgIpc) is 2.81. The summed E-state index contributed by atoms with van der Waals surface area (Å²) < 4.78 is 0. The molecular weight excluding hydrogens is 272 g/mol. The minimum atomic E-state index is 0. The number of rotatable bonds is 6. The summed E-state index contributed by atoms with van der Waals surface area (Å²) >= 11 is 0. The second-order valence-electron chi connectivity index (χ2n) is 5.04. The van der Waals surface area contributed by atoms with Gasteiger partial charge in [-0.25, -0.2) is 0 Å². The van der Waals surface area contributed by atoms with E-state index in [2.05, 4.69) is 64.8 Å². The summed E-state index contributed by atoms with van der Waals surface area (Å²) in [4.78, 5) is 2.24. The van der Waals surface area contributed by atoms with Crippen molar-refractivity contribution >= 4 is 12.4 Å². The number of hydrogen-bond donors (Lipinski definition) is 2. The highest BCUT2D eigenvalue weighted by molar-refractivity contribution is 5.85. The molecule has 1 atom stereocenters. The number of halogens is 1. The molecule has 0 aliphatic carbocycles. The summed E-state index contributed by atoms with van der Waals surface area (Å²) in [5, 5.41) is 10.5. The molecule has 110 valence electrons. The number of hydrogen-bond acceptors (Lipinski definition) is 3. The van der Waals surface area contributed by atoms with Gasteiger partial charge in [0, 0.05) is 30.4 Å². The Bertz CT molecular complexity index is 496. The molecular formula is C15H23ClN4. The van der Waals surface area contributed by atoms with Crippen LogP contribution in [0, 0.1) is 6.92 Å². The van der Waals surface area contributed by atoms with E-state index < -0.39 is 0 Å². The third kappa shape index (κ3) is 4.34. The van der Waals surface area contributed by atoms with Crippen LogP contribution in [0.15, 0.2) is 36.5 Å². The van der Waals surface area contributed by atoms with Crippen LogP contribution in [0.1, 0.15) is 22.9 Å². The van der Waals surface area contributed by atoms with Crippen molar-refractivity contribution in [3.8, 4) is 0 Å². The molecule has 1 aromatic heterocycles. The third-order valence-electron chi connectivity index (χ3n) is 3.40. The Balaban J connectivity index is 0.00000200. The first-order valence-electron chi connectivity index (χ1n) is 6.59. The van der Waals surface area contributed by atoms with Gasteiger partial charge in [-0.3, -0.25) is 5.10 Å². The highest BCUT2D eigenvalue weighted by Gasteiger charge is 2.13. The maximum atomic E-state index is 4.04. The van der Waals surface area contributed by atoms with Crippen LogP contribution in [0.5, 0.6) is 0 Å². The number of likely N-dealkylation sites (N-methyl/N-ethyl adjacent to an activating group) is 1. The van der Waals surface area contributed by atoms with Crippen LogP contribution >= 0.6 is 12.4 Å². The Morgan fingerprint density at radius 3 is 2.50 bits per heavy atom. The van der Waals surface area contributed by atoms with Crippen LogP contribution in [0.3, 0.4) is 0 Å². The van der Waals surface area contributed by atoms with Crippen LogP contribution in [0.4, 0.5) is 0 Å². The van der Waals surface area contributed by atoms with Crippen LogP contribution in [-0.2, 0) is 6.54 Å². The predicted molar refractivity (Wildman–Crippen MR) is 85.1 cm³/mol. The number of aromatic amines is 1. The summed E-state index contributed by atoms with van der Waals surface area (Å²) in [6.07, 6.45) is 1.88. The van der Waals surface area contributed by atoms with E-state index in [0.717, 1.165) is 18.8 Å². The molecule has 2 N–H and O–H groups in total. The van der Waals surface area contributed by atoms with Gasteiger partial charge in [0.15, 0.2) is 0 Å². The van der Waals surface area contributed by atoms with Crippen molar-refractivity contribution in [3.05, 3.63) is 53.3 Å². The Hall–Kier alpha value is -1.36. The second-order valence-corrected chi connectivity index (χ2v) is 5.04. The number of benzene rings is 1. The van der Waals surface area contributed by atoms with Gasteiger partial charge in [0.05, 0.1) is 6.20 Å². The van der Waals surface area contributed by atoms with Gasteiger partial charge < -0.3 is 10.2 Å². The molecule has 1 unspecified atom stereocenters. The molecule has 0 bridgehead atoms.